The zero-order chi connectivity index (χ0) is 10.9. The molecule has 0 aliphatic carbocycles. The summed E-state index contributed by atoms with van der Waals surface area (Å²) in [6.45, 7) is 0.898. The van der Waals surface area contributed by atoms with Crippen molar-refractivity contribution in [2.75, 3.05) is 13.1 Å². The highest BCUT2D eigenvalue weighted by Crippen LogP contribution is 2.19. The summed E-state index contributed by atoms with van der Waals surface area (Å²) in [5.41, 5.74) is 5.68. The molecule has 0 spiro atoms. The van der Waals surface area contributed by atoms with Gasteiger partial charge in [-0.3, -0.25) is 4.98 Å². The summed E-state index contributed by atoms with van der Waals surface area (Å²) < 4.78 is 25.4. The summed E-state index contributed by atoms with van der Waals surface area (Å²) >= 11 is 0. The van der Waals surface area contributed by atoms with Gasteiger partial charge in [0.25, 0.3) is 0 Å². The van der Waals surface area contributed by atoms with Gasteiger partial charge in [-0.2, -0.15) is 4.31 Å². The van der Waals surface area contributed by atoms with Crippen molar-refractivity contribution < 1.29 is 8.42 Å². The molecule has 16 heavy (non-hydrogen) atoms. The topological polar surface area (TPSA) is 76.3 Å². The van der Waals surface area contributed by atoms with E-state index < -0.39 is 10.0 Å². The van der Waals surface area contributed by atoms with Crippen molar-refractivity contribution >= 4 is 22.4 Å². The molecule has 0 aromatic carbocycles. The quantitative estimate of drug-likeness (QED) is 0.829. The van der Waals surface area contributed by atoms with Crippen LogP contribution in [0.4, 0.5) is 0 Å². The van der Waals surface area contributed by atoms with Crippen LogP contribution >= 0.6 is 12.4 Å². The molecule has 1 unspecified atom stereocenters. The Morgan fingerprint density at radius 3 is 2.75 bits per heavy atom. The Morgan fingerprint density at radius 2 is 2.25 bits per heavy atom. The van der Waals surface area contributed by atoms with E-state index in [1.54, 1.807) is 18.3 Å². The maximum Gasteiger partial charge on any atom is 0.244 e. The molecule has 1 saturated heterocycles. The largest absolute Gasteiger partial charge is 0.326 e. The lowest BCUT2D eigenvalue weighted by molar-refractivity contribution is 0.472. The molecule has 1 aliphatic rings. The van der Waals surface area contributed by atoms with Crippen molar-refractivity contribution in [1.29, 1.82) is 0 Å². The molecule has 1 aromatic rings. The Hall–Kier alpha value is -0.690. The van der Waals surface area contributed by atoms with Crippen molar-refractivity contribution in [3.8, 4) is 0 Å². The summed E-state index contributed by atoms with van der Waals surface area (Å²) in [4.78, 5) is 4.04. The van der Waals surface area contributed by atoms with E-state index in [0.29, 0.717) is 13.1 Å². The number of nitrogens with two attached hydrogens (primary N) is 1. The molecule has 90 valence electrons. The van der Waals surface area contributed by atoms with E-state index in [0.717, 1.165) is 6.42 Å². The van der Waals surface area contributed by atoms with Crippen LogP contribution in [-0.2, 0) is 10.0 Å². The fraction of sp³-hybridized carbons (Fsp3) is 0.444. The van der Waals surface area contributed by atoms with Crippen molar-refractivity contribution in [2.24, 2.45) is 5.73 Å². The molecular formula is C9H14ClN3O2S. The standard InChI is InChI=1S/C9H13N3O2S.ClH/c10-8-3-5-12(7-8)15(13,14)9-2-1-4-11-6-9;/h1-2,4,6,8H,3,5,7,10H2;1H. The number of halogens is 1. The predicted molar refractivity (Wildman–Crippen MR) is 62.8 cm³/mol. The van der Waals surface area contributed by atoms with Crippen molar-refractivity contribution in [3.63, 3.8) is 0 Å². The Morgan fingerprint density at radius 1 is 1.50 bits per heavy atom. The first-order valence-electron chi connectivity index (χ1n) is 4.76. The normalized spacial score (nSPS) is 21.7. The van der Waals surface area contributed by atoms with Crippen LogP contribution in [-0.4, -0.2) is 36.8 Å². The number of hydrogen-bond donors (Lipinski definition) is 1. The molecule has 1 aromatic heterocycles. The van der Waals surface area contributed by atoms with Gasteiger partial charge >= 0.3 is 0 Å². The fourth-order valence-electron chi connectivity index (χ4n) is 1.62. The summed E-state index contributed by atoms with van der Waals surface area (Å²) in [5, 5.41) is 0. The summed E-state index contributed by atoms with van der Waals surface area (Å²) in [7, 11) is -3.38. The van der Waals surface area contributed by atoms with Gasteiger partial charge in [-0.1, -0.05) is 0 Å². The Labute approximate surface area is 101 Å². The number of nitrogens with zero attached hydrogens (tertiary/aromatic N) is 2. The molecule has 0 saturated carbocycles. The van der Waals surface area contributed by atoms with Crippen LogP contribution in [0.2, 0.25) is 0 Å². The average Bonchev–Trinajstić information content (AvgIpc) is 2.67. The summed E-state index contributed by atoms with van der Waals surface area (Å²) in [6.07, 6.45) is 3.63. The first-order valence-corrected chi connectivity index (χ1v) is 6.20. The summed E-state index contributed by atoms with van der Waals surface area (Å²) in [5.74, 6) is 0. The van der Waals surface area contributed by atoms with Crippen LogP contribution in [0, 0.1) is 0 Å². The van der Waals surface area contributed by atoms with Gasteiger partial charge in [0.15, 0.2) is 0 Å². The lowest BCUT2D eigenvalue weighted by Gasteiger charge is -2.15. The molecule has 0 radical (unpaired) electrons. The van der Waals surface area contributed by atoms with Gasteiger partial charge < -0.3 is 5.73 Å². The maximum atomic E-state index is 12.0. The number of rotatable bonds is 2. The third-order valence-corrected chi connectivity index (χ3v) is 4.31. The molecular weight excluding hydrogens is 250 g/mol. The lowest BCUT2D eigenvalue weighted by Crippen LogP contribution is -2.31. The molecule has 0 bridgehead atoms. The SMILES string of the molecule is Cl.NC1CCN(S(=O)(=O)c2cccnc2)C1. The highest BCUT2D eigenvalue weighted by Gasteiger charge is 2.30. The van der Waals surface area contributed by atoms with Crippen molar-refractivity contribution in [1.82, 2.24) is 9.29 Å². The number of hydrogen-bond acceptors (Lipinski definition) is 4. The van der Waals surface area contributed by atoms with Crippen LogP contribution in [0.1, 0.15) is 6.42 Å². The number of aromatic nitrogens is 1. The minimum atomic E-state index is -3.38. The van der Waals surface area contributed by atoms with E-state index in [1.165, 1.54) is 10.5 Å². The molecule has 1 aliphatic heterocycles. The van der Waals surface area contributed by atoms with Crippen LogP contribution in [0.25, 0.3) is 0 Å². The monoisotopic (exact) mass is 263 g/mol. The molecule has 0 amide bonds. The van der Waals surface area contributed by atoms with Gasteiger partial charge in [-0.15, -0.1) is 12.4 Å². The number of sulfonamides is 1. The highest BCUT2D eigenvalue weighted by molar-refractivity contribution is 7.89. The lowest BCUT2D eigenvalue weighted by atomic mass is 10.3. The van der Waals surface area contributed by atoms with Crippen molar-refractivity contribution in [3.05, 3.63) is 24.5 Å². The maximum absolute atomic E-state index is 12.0. The van der Waals surface area contributed by atoms with Gasteiger partial charge in [0.1, 0.15) is 4.90 Å². The van der Waals surface area contributed by atoms with E-state index >= 15 is 0 Å². The fourth-order valence-corrected chi connectivity index (χ4v) is 3.10. The van der Waals surface area contributed by atoms with E-state index in [2.05, 4.69) is 4.98 Å². The Balaban J connectivity index is 0.00000128. The number of pyridine rings is 1. The average molecular weight is 264 g/mol. The second-order valence-corrected chi connectivity index (χ2v) is 5.54. The van der Waals surface area contributed by atoms with Crippen LogP contribution in [0.5, 0.6) is 0 Å². The molecule has 5 nitrogen and oxygen atoms in total. The minimum Gasteiger partial charge on any atom is -0.326 e. The smallest absolute Gasteiger partial charge is 0.244 e. The summed E-state index contributed by atoms with van der Waals surface area (Å²) in [6, 6.07) is 3.12. The highest BCUT2D eigenvalue weighted by atomic mass is 35.5. The molecule has 1 fully saturated rings. The zero-order valence-corrected chi connectivity index (χ0v) is 10.2. The molecule has 2 N–H and O–H groups in total. The van der Waals surface area contributed by atoms with Crippen LogP contribution in [0.3, 0.4) is 0 Å². The van der Waals surface area contributed by atoms with E-state index in [4.69, 9.17) is 5.73 Å². The zero-order valence-electron chi connectivity index (χ0n) is 8.61. The van der Waals surface area contributed by atoms with Crippen LogP contribution in [0.15, 0.2) is 29.4 Å². The first-order chi connectivity index (χ1) is 7.10. The molecule has 1 atom stereocenters. The molecule has 2 rings (SSSR count). The third kappa shape index (κ3) is 2.52. The second kappa shape index (κ2) is 5.09. The molecule has 2 heterocycles. The van der Waals surface area contributed by atoms with Crippen molar-refractivity contribution in [2.45, 2.75) is 17.4 Å². The Kier molecular flexibility index (Phi) is 4.26. The predicted octanol–water partition coefficient (Wildman–Crippen LogP) is 0.225. The van der Waals surface area contributed by atoms with E-state index in [-0.39, 0.29) is 23.3 Å². The molecule has 7 heteroatoms. The van der Waals surface area contributed by atoms with Gasteiger partial charge in [-0.25, -0.2) is 8.42 Å². The van der Waals surface area contributed by atoms with E-state index in [1.807, 2.05) is 0 Å². The second-order valence-electron chi connectivity index (χ2n) is 3.60. The van der Waals surface area contributed by atoms with Gasteiger partial charge in [0.2, 0.25) is 10.0 Å². The Bertz CT molecular complexity index is 437. The van der Waals surface area contributed by atoms with Crippen LogP contribution < -0.4 is 5.73 Å². The van der Waals surface area contributed by atoms with Gasteiger partial charge in [0.05, 0.1) is 0 Å². The van der Waals surface area contributed by atoms with Gasteiger partial charge in [0, 0.05) is 31.5 Å². The van der Waals surface area contributed by atoms with E-state index in [9.17, 15) is 8.42 Å². The first kappa shape index (κ1) is 13.4. The van der Waals surface area contributed by atoms with Gasteiger partial charge in [-0.05, 0) is 18.6 Å². The minimum absolute atomic E-state index is 0. The third-order valence-electron chi connectivity index (χ3n) is 2.46.